The molecule has 1 aromatic heterocycles. The lowest BCUT2D eigenvalue weighted by molar-refractivity contribution is 0.317. The Morgan fingerprint density at radius 1 is 1.33 bits per heavy atom. The number of aryl methyl sites for hydroxylation is 1. The van der Waals surface area contributed by atoms with Gasteiger partial charge in [-0.2, -0.15) is 0 Å². The van der Waals surface area contributed by atoms with E-state index >= 15 is 0 Å². The summed E-state index contributed by atoms with van der Waals surface area (Å²) in [6.45, 7) is 3.83. The van der Waals surface area contributed by atoms with Gasteiger partial charge in [0.2, 0.25) is 0 Å². The van der Waals surface area contributed by atoms with Gasteiger partial charge in [0.25, 0.3) is 0 Å². The van der Waals surface area contributed by atoms with E-state index in [1.807, 2.05) is 17.4 Å². The van der Waals surface area contributed by atoms with Crippen LogP contribution < -0.4 is 10.1 Å². The first-order valence-electron chi connectivity index (χ1n) is 7.88. The Bertz CT molecular complexity index is 578. The summed E-state index contributed by atoms with van der Waals surface area (Å²) in [5.74, 6) is 0.982. The largest absolute Gasteiger partial charge is 0.494 e. The summed E-state index contributed by atoms with van der Waals surface area (Å²) >= 11 is 1.90. The molecule has 2 nitrogen and oxygen atoms in total. The zero-order valence-electron chi connectivity index (χ0n) is 12.6. The van der Waals surface area contributed by atoms with E-state index < -0.39 is 0 Å². The molecule has 0 amide bonds. The summed E-state index contributed by atoms with van der Waals surface area (Å²) in [6, 6.07) is 11.2. The van der Waals surface area contributed by atoms with Crippen molar-refractivity contribution in [1.82, 2.24) is 5.32 Å². The lowest BCUT2D eigenvalue weighted by atomic mass is 9.94. The van der Waals surface area contributed by atoms with Crippen molar-refractivity contribution in [2.75, 3.05) is 6.61 Å². The third kappa shape index (κ3) is 3.66. The van der Waals surface area contributed by atoms with Crippen molar-refractivity contribution in [1.29, 1.82) is 0 Å². The highest BCUT2D eigenvalue weighted by Crippen LogP contribution is 2.33. The SMILES string of the molecule is CCCOc1cccc(CNC2CCCc3sccc32)c1. The number of hydrogen-bond acceptors (Lipinski definition) is 3. The van der Waals surface area contributed by atoms with Crippen LogP contribution in [0.15, 0.2) is 35.7 Å². The maximum atomic E-state index is 5.71. The van der Waals surface area contributed by atoms with Gasteiger partial charge in [-0.1, -0.05) is 19.1 Å². The summed E-state index contributed by atoms with van der Waals surface area (Å²) in [4.78, 5) is 1.57. The molecule has 3 heteroatoms. The molecule has 1 aromatic carbocycles. The Hall–Kier alpha value is -1.32. The summed E-state index contributed by atoms with van der Waals surface area (Å²) in [5.41, 5.74) is 2.82. The monoisotopic (exact) mass is 301 g/mol. The van der Waals surface area contributed by atoms with Crippen LogP contribution in [0.5, 0.6) is 5.75 Å². The van der Waals surface area contributed by atoms with Gasteiger partial charge in [0, 0.05) is 17.5 Å². The molecule has 1 aliphatic rings. The number of ether oxygens (including phenoxy) is 1. The summed E-state index contributed by atoms with van der Waals surface area (Å²) in [5, 5.41) is 5.94. The van der Waals surface area contributed by atoms with Gasteiger partial charge in [0.1, 0.15) is 5.75 Å². The number of rotatable bonds is 6. The van der Waals surface area contributed by atoms with Gasteiger partial charge in [-0.3, -0.25) is 0 Å². The van der Waals surface area contributed by atoms with E-state index in [2.05, 4.69) is 41.9 Å². The molecule has 1 N–H and O–H groups in total. The van der Waals surface area contributed by atoms with E-state index in [1.54, 1.807) is 4.88 Å². The summed E-state index contributed by atoms with van der Waals surface area (Å²) in [6.07, 6.45) is 4.84. The summed E-state index contributed by atoms with van der Waals surface area (Å²) < 4.78 is 5.71. The maximum absolute atomic E-state index is 5.71. The molecular weight excluding hydrogens is 278 g/mol. The van der Waals surface area contributed by atoms with Crippen LogP contribution in [-0.2, 0) is 13.0 Å². The average molecular weight is 301 g/mol. The van der Waals surface area contributed by atoms with Gasteiger partial charge in [0.05, 0.1) is 6.61 Å². The minimum Gasteiger partial charge on any atom is -0.494 e. The lowest BCUT2D eigenvalue weighted by Crippen LogP contribution is -2.23. The maximum Gasteiger partial charge on any atom is 0.119 e. The van der Waals surface area contributed by atoms with Crippen LogP contribution in [0.2, 0.25) is 0 Å². The van der Waals surface area contributed by atoms with Gasteiger partial charge in [-0.15, -0.1) is 11.3 Å². The predicted octanol–water partition coefficient (Wildman–Crippen LogP) is 4.70. The van der Waals surface area contributed by atoms with E-state index in [0.717, 1.165) is 25.3 Å². The highest BCUT2D eigenvalue weighted by atomic mass is 32.1. The number of hydrogen-bond donors (Lipinski definition) is 1. The van der Waals surface area contributed by atoms with Crippen LogP contribution in [0.4, 0.5) is 0 Å². The van der Waals surface area contributed by atoms with Gasteiger partial charge in [0.15, 0.2) is 0 Å². The molecule has 21 heavy (non-hydrogen) atoms. The molecular formula is C18H23NOS. The normalized spacial score (nSPS) is 17.5. The Balaban J connectivity index is 1.61. The number of nitrogens with one attached hydrogen (secondary N) is 1. The minimum absolute atomic E-state index is 0.514. The molecule has 3 rings (SSSR count). The van der Waals surface area contributed by atoms with E-state index in [9.17, 15) is 0 Å². The molecule has 0 saturated heterocycles. The smallest absolute Gasteiger partial charge is 0.119 e. The highest BCUT2D eigenvalue weighted by Gasteiger charge is 2.20. The van der Waals surface area contributed by atoms with E-state index in [0.29, 0.717) is 6.04 Å². The molecule has 0 aliphatic heterocycles. The molecule has 0 bridgehead atoms. The molecule has 0 radical (unpaired) electrons. The Morgan fingerprint density at radius 3 is 3.19 bits per heavy atom. The van der Waals surface area contributed by atoms with Crippen molar-refractivity contribution < 1.29 is 4.74 Å². The molecule has 1 atom stereocenters. The van der Waals surface area contributed by atoms with Crippen molar-refractivity contribution in [2.45, 2.75) is 45.2 Å². The van der Waals surface area contributed by atoms with Crippen LogP contribution in [0.1, 0.15) is 48.2 Å². The fourth-order valence-corrected chi connectivity index (χ4v) is 3.89. The first-order chi connectivity index (χ1) is 10.4. The second-order valence-corrected chi connectivity index (χ2v) is 6.62. The first kappa shape index (κ1) is 14.6. The number of thiophene rings is 1. The van der Waals surface area contributed by atoms with E-state index in [4.69, 9.17) is 4.74 Å². The fourth-order valence-electron chi connectivity index (χ4n) is 2.90. The molecule has 1 heterocycles. The molecule has 112 valence electrons. The molecule has 1 unspecified atom stereocenters. The first-order valence-corrected chi connectivity index (χ1v) is 8.76. The average Bonchev–Trinajstić information content (AvgIpc) is 3.00. The number of benzene rings is 1. The van der Waals surface area contributed by atoms with E-state index in [1.165, 1.54) is 30.4 Å². The van der Waals surface area contributed by atoms with Crippen molar-refractivity contribution in [3.8, 4) is 5.75 Å². The quantitative estimate of drug-likeness (QED) is 0.834. The molecule has 0 saturated carbocycles. The Labute approximate surface area is 131 Å². The second kappa shape index (κ2) is 7.10. The zero-order chi connectivity index (χ0) is 14.5. The summed E-state index contributed by atoms with van der Waals surface area (Å²) in [7, 11) is 0. The fraction of sp³-hybridized carbons (Fsp3) is 0.444. The predicted molar refractivity (Wildman–Crippen MR) is 89.1 cm³/mol. The van der Waals surface area contributed by atoms with Gasteiger partial charge in [-0.05, 0) is 60.4 Å². The minimum atomic E-state index is 0.514. The van der Waals surface area contributed by atoms with Gasteiger partial charge < -0.3 is 10.1 Å². The molecule has 0 fully saturated rings. The highest BCUT2D eigenvalue weighted by molar-refractivity contribution is 7.10. The van der Waals surface area contributed by atoms with Crippen LogP contribution in [0, 0.1) is 0 Å². The van der Waals surface area contributed by atoms with Gasteiger partial charge in [-0.25, -0.2) is 0 Å². The second-order valence-electron chi connectivity index (χ2n) is 5.62. The zero-order valence-corrected chi connectivity index (χ0v) is 13.4. The van der Waals surface area contributed by atoms with Crippen LogP contribution in [0.25, 0.3) is 0 Å². The molecule has 2 aromatic rings. The Morgan fingerprint density at radius 2 is 2.29 bits per heavy atom. The Kier molecular flexibility index (Phi) is 4.94. The van der Waals surface area contributed by atoms with Crippen LogP contribution in [0.3, 0.4) is 0 Å². The topological polar surface area (TPSA) is 21.3 Å². The van der Waals surface area contributed by atoms with Crippen molar-refractivity contribution in [2.24, 2.45) is 0 Å². The van der Waals surface area contributed by atoms with Gasteiger partial charge >= 0.3 is 0 Å². The van der Waals surface area contributed by atoms with Crippen LogP contribution >= 0.6 is 11.3 Å². The van der Waals surface area contributed by atoms with Crippen molar-refractivity contribution in [3.05, 3.63) is 51.7 Å². The lowest BCUT2D eigenvalue weighted by Gasteiger charge is -2.24. The third-order valence-electron chi connectivity index (χ3n) is 3.98. The molecule has 0 spiro atoms. The van der Waals surface area contributed by atoms with E-state index in [-0.39, 0.29) is 0 Å². The third-order valence-corrected chi connectivity index (χ3v) is 4.97. The standard InChI is InChI=1S/C18H23NOS/c1-2-10-20-15-6-3-5-14(12-15)13-19-17-7-4-8-18-16(17)9-11-21-18/h3,5-6,9,11-12,17,19H,2,4,7-8,10,13H2,1H3. The van der Waals surface area contributed by atoms with Crippen molar-refractivity contribution in [3.63, 3.8) is 0 Å². The van der Waals surface area contributed by atoms with Crippen LogP contribution in [-0.4, -0.2) is 6.61 Å². The van der Waals surface area contributed by atoms with Crippen molar-refractivity contribution >= 4 is 11.3 Å². The molecule has 1 aliphatic carbocycles. The number of fused-ring (bicyclic) bond motifs is 1.